The molecule has 0 radical (unpaired) electrons. The summed E-state index contributed by atoms with van der Waals surface area (Å²) in [5.41, 5.74) is 12.2. The number of amides is 1. The van der Waals surface area contributed by atoms with Crippen LogP contribution in [0.4, 0.5) is 0 Å². The first-order chi connectivity index (χ1) is 6.99. The molecule has 15 heavy (non-hydrogen) atoms. The quantitative estimate of drug-likeness (QED) is 0.608. The average Bonchev–Trinajstić information content (AvgIpc) is 2.21. The topological polar surface area (TPSA) is 81.1 Å². The van der Waals surface area contributed by atoms with Gasteiger partial charge in [-0.15, -0.1) is 0 Å². The third-order valence-electron chi connectivity index (χ3n) is 2.16. The Morgan fingerprint density at radius 3 is 2.53 bits per heavy atom. The Balaban J connectivity index is 3.97. The van der Waals surface area contributed by atoms with E-state index >= 15 is 0 Å². The Kier molecular flexibility index (Phi) is 6.79. The van der Waals surface area contributed by atoms with Crippen molar-refractivity contribution in [1.82, 2.24) is 5.32 Å². The smallest absolute Gasteiger partial charge is 0.237 e. The van der Waals surface area contributed by atoms with Crippen LogP contribution in [0.25, 0.3) is 0 Å². The van der Waals surface area contributed by atoms with Gasteiger partial charge in [-0.25, -0.2) is 0 Å². The van der Waals surface area contributed by atoms with Crippen molar-refractivity contribution in [3.63, 3.8) is 0 Å². The normalized spacial score (nSPS) is 14.1. The molecule has 4 nitrogen and oxygen atoms in total. The van der Waals surface area contributed by atoms with Gasteiger partial charge in [0, 0.05) is 12.2 Å². The molecule has 0 aromatic carbocycles. The van der Waals surface area contributed by atoms with Gasteiger partial charge < -0.3 is 16.8 Å². The molecular formula is C11H23N3O. The molecule has 0 rings (SSSR count). The lowest BCUT2D eigenvalue weighted by Crippen LogP contribution is -2.40. The molecule has 0 fully saturated rings. The number of allylic oxidation sites excluding steroid dienone is 1. The molecule has 0 aromatic rings. The van der Waals surface area contributed by atoms with Gasteiger partial charge in [-0.1, -0.05) is 26.8 Å². The molecule has 0 bridgehead atoms. The second kappa shape index (κ2) is 7.29. The number of nitrogens with two attached hydrogens (primary N) is 2. The Labute approximate surface area is 92.1 Å². The van der Waals surface area contributed by atoms with E-state index in [1.54, 1.807) is 0 Å². The maximum absolute atomic E-state index is 11.4. The van der Waals surface area contributed by atoms with E-state index in [0.717, 1.165) is 12.1 Å². The lowest BCUT2D eigenvalue weighted by molar-refractivity contribution is -0.122. The highest BCUT2D eigenvalue weighted by atomic mass is 16.2. The number of hydrogen-bond acceptors (Lipinski definition) is 3. The van der Waals surface area contributed by atoms with E-state index in [-0.39, 0.29) is 5.91 Å². The predicted octanol–water partition coefficient (Wildman–Crippen LogP) is 0.729. The molecule has 0 aliphatic heterocycles. The van der Waals surface area contributed by atoms with Gasteiger partial charge in [0.1, 0.15) is 0 Å². The minimum absolute atomic E-state index is 0.107. The van der Waals surface area contributed by atoms with Crippen LogP contribution in [0.3, 0.4) is 0 Å². The molecule has 1 unspecified atom stereocenters. The summed E-state index contributed by atoms with van der Waals surface area (Å²) >= 11 is 0. The Bertz CT molecular complexity index is 224. The van der Waals surface area contributed by atoms with Crippen molar-refractivity contribution in [1.29, 1.82) is 0 Å². The van der Waals surface area contributed by atoms with Crippen LogP contribution in [0.15, 0.2) is 11.8 Å². The minimum atomic E-state index is -0.492. The summed E-state index contributed by atoms with van der Waals surface area (Å²) in [5, 5.41) is 2.75. The molecule has 0 heterocycles. The molecule has 0 spiro atoms. The van der Waals surface area contributed by atoms with Gasteiger partial charge in [0.05, 0.1) is 6.04 Å². The Hall–Kier alpha value is -1.03. The van der Waals surface area contributed by atoms with Crippen LogP contribution in [0.2, 0.25) is 0 Å². The number of hydrogen-bond donors (Lipinski definition) is 3. The molecule has 5 N–H and O–H groups in total. The molecule has 88 valence electrons. The van der Waals surface area contributed by atoms with Crippen molar-refractivity contribution in [3.8, 4) is 0 Å². The standard InChI is InChI=1S/C11H23N3O/c1-4-7-14-11(15)10(13)6-5-9(12)8(2)3/h5,8,10H,4,6-7,12-13H2,1-3H3,(H,14,15)/b9-5-. The van der Waals surface area contributed by atoms with Gasteiger partial charge in [-0.2, -0.15) is 0 Å². The zero-order valence-electron chi connectivity index (χ0n) is 9.92. The van der Waals surface area contributed by atoms with E-state index < -0.39 is 6.04 Å². The molecule has 4 heteroatoms. The van der Waals surface area contributed by atoms with E-state index in [9.17, 15) is 4.79 Å². The first-order valence-corrected chi connectivity index (χ1v) is 5.47. The summed E-state index contributed by atoms with van der Waals surface area (Å²) in [7, 11) is 0. The minimum Gasteiger partial charge on any atom is -0.402 e. The molecule has 0 saturated heterocycles. The first-order valence-electron chi connectivity index (χ1n) is 5.47. The highest BCUT2D eigenvalue weighted by Crippen LogP contribution is 2.04. The van der Waals surface area contributed by atoms with Crippen LogP contribution in [0.1, 0.15) is 33.6 Å². The largest absolute Gasteiger partial charge is 0.402 e. The molecule has 0 saturated carbocycles. The second-order valence-corrected chi connectivity index (χ2v) is 3.99. The van der Waals surface area contributed by atoms with Crippen molar-refractivity contribution in [2.45, 2.75) is 39.7 Å². The van der Waals surface area contributed by atoms with E-state index in [0.29, 0.717) is 18.9 Å². The number of carbonyl (C=O) groups excluding carboxylic acids is 1. The van der Waals surface area contributed by atoms with Crippen molar-refractivity contribution in [3.05, 3.63) is 11.8 Å². The molecule has 0 aliphatic rings. The van der Waals surface area contributed by atoms with Crippen molar-refractivity contribution in [2.75, 3.05) is 6.54 Å². The van der Waals surface area contributed by atoms with Gasteiger partial charge in [0.2, 0.25) is 5.91 Å². The highest BCUT2D eigenvalue weighted by Gasteiger charge is 2.11. The summed E-state index contributed by atoms with van der Waals surface area (Å²) in [6.07, 6.45) is 3.25. The molecule has 0 aliphatic carbocycles. The van der Waals surface area contributed by atoms with Crippen LogP contribution in [-0.2, 0) is 4.79 Å². The van der Waals surface area contributed by atoms with Crippen LogP contribution in [0.5, 0.6) is 0 Å². The maximum Gasteiger partial charge on any atom is 0.237 e. The predicted molar refractivity (Wildman–Crippen MR) is 63.0 cm³/mol. The third-order valence-corrected chi connectivity index (χ3v) is 2.16. The van der Waals surface area contributed by atoms with Crippen molar-refractivity contribution < 1.29 is 4.79 Å². The SMILES string of the molecule is CCCNC(=O)C(N)C/C=C(\N)C(C)C. The number of carbonyl (C=O) groups is 1. The van der Waals surface area contributed by atoms with Crippen LogP contribution in [-0.4, -0.2) is 18.5 Å². The Morgan fingerprint density at radius 2 is 2.07 bits per heavy atom. The van der Waals surface area contributed by atoms with Gasteiger partial charge in [0.25, 0.3) is 0 Å². The average molecular weight is 213 g/mol. The van der Waals surface area contributed by atoms with Gasteiger partial charge >= 0.3 is 0 Å². The highest BCUT2D eigenvalue weighted by molar-refractivity contribution is 5.81. The van der Waals surface area contributed by atoms with E-state index in [1.165, 1.54) is 0 Å². The fraction of sp³-hybridized carbons (Fsp3) is 0.727. The Morgan fingerprint density at radius 1 is 1.47 bits per heavy atom. The number of nitrogens with one attached hydrogen (secondary N) is 1. The monoisotopic (exact) mass is 213 g/mol. The first kappa shape index (κ1) is 14.0. The van der Waals surface area contributed by atoms with Crippen molar-refractivity contribution >= 4 is 5.91 Å². The summed E-state index contributed by atoms with van der Waals surface area (Å²) in [6, 6.07) is -0.492. The lowest BCUT2D eigenvalue weighted by atomic mass is 10.1. The zero-order valence-corrected chi connectivity index (χ0v) is 9.92. The van der Waals surface area contributed by atoms with Gasteiger partial charge in [-0.3, -0.25) is 4.79 Å². The third kappa shape index (κ3) is 6.12. The molecular weight excluding hydrogens is 190 g/mol. The van der Waals surface area contributed by atoms with Gasteiger partial charge in [0.15, 0.2) is 0 Å². The zero-order chi connectivity index (χ0) is 11.8. The molecule has 1 amide bonds. The van der Waals surface area contributed by atoms with Gasteiger partial charge in [-0.05, 0) is 18.8 Å². The molecule has 0 aromatic heterocycles. The summed E-state index contributed by atoms with van der Waals surface area (Å²) in [5.74, 6) is 0.195. The lowest BCUT2D eigenvalue weighted by Gasteiger charge is -2.11. The summed E-state index contributed by atoms with van der Waals surface area (Å²) in [6.45, 7) is 6.70. The van der Waals surface area contributed by atoms with Crippen LogP contribution < -0.4 is 16.8 Å². The maximum atomic E-state index is 11.4. The van der Waals surface area contributed by atoms with Crippen LogP contribution in [0, 0.1) is 5.92 Å². The fourth-order valence-electron chi connectivity index (χ4n) is 0.985. The number of rotatable bonds is 6. The second-order valence-electron chi connectivity index (χ2n) is 3.99. The van der Waals surface area contributed by atoms with E-state index in [4.69, 9.17) is 11.5 Å². The summed E-state index contributed by atoms with van der Waals surface area (Å²) < 4.78 is 0. The van der Waals surface area contributed by atoms with Crippen LogP contribution >= 0.6 is 0 Å². The fourth-order valence-corrected chi connectivity index (χ4v) is 0.985. The molecule has 1 atom stereocenters. The van der Waals surface area contributed by atoms with E-state index in [1.807, 2.05) is 26.8 Å². The van der Waals surface area contributed by atoms with E-state index in [2.05, 4.69) is 5.32 Å². The summed E-state index contributed by atoms with van der Waals surface area (Å²) in [4.78, 5) is 11.4. The van der Waals surface area contributed by atoms with Crippen molar-refractivity contribution in [2.24, 2.45) is 17.4 Å².